The summed E-state index contributed by atoms with van der Waals surface area (Å²) in [5.74, 6) is -4.62. The molecule has 2 rings (SSSR count). The fourth-order valence-corrected chi connectivity index (χ4v) is 2.27. The van der Waals surface area contributed by atoms with Crippen LogP contribution in [0.3, 0.4) is 0 Å². The minimum Gasteiger partial charge on any atom is -0.405 e. The fraction of sp³-hybridized carbons (Fsp3) is 0.438. The number of carbonyl (C=O) groups excluding carboxylic acids is 1. The van der Waals surface area contributed by atoms with Crippen molar-refractivity contribution in [2.75, 3.05) is 13.7 Å². The fourth-order valence-electron chi connectivity index (χ4n) is 2.27. The van der Waals surface area contributed by atoms with E-state index < -0.39 is 46.4 Å². The number of benzene rings is 1. The molecule has 1 heterocycles. The summed E-state index contributed by atoms with van der Waals surface area (Å²) in [4.78, 5) is 11.6. The zero-order valence-corrected chi connectivity index (χ0v) is 14.5. The maximum Gasteiger partial charge on any atom is 0.573 e. The van der Waals surface area contributed by atoms with Gasteiger partial charge in [0.05, 0.1) is 23.1 Å². The molecule has 0 saturated heterocycles. The molecule has 0 aliphatic heterocycles. The maximum absolute atomic E-state index is 14.1. The average Bonchev–Trinajstić information content (AvgIpc) is 2.95. The first kappa shape index (κ1) is 22.7. The molecule has 2 aromatic rings. The predicted octanol–water partition coefficient (Wildman–Crippen LogP) is 5.10. The van der Waals surface area contributed by atoms with E-state index in [4.69, 9.17) is 4.74 Å². The van der Waals surface area contributed by atoms with E-state index in [9.17, 15) is 35.5 Å². The van der Waals surface area contributed by atoms with Crippen molar-refractivity contribution in [3.05, 3.63) is 29.7 Å². The highest BCUT2D eigenvalue weighted by molar-refractivity contribution is 6.12. The second kappa shape index (κ2) is 8.59. The Morgan fingerprint density at radius 1 is 1.11 bits per heavy atom. The molecule has 0 aliphatic carbocycles. The third kappa shape index (κ3) is 5.34. The Morgan fingerprint density at radius 3 is 2.19 bits per heavy atom. The van der Waals surface area contributed by atoms with E-state index in [0.29, 0.717) is 18.3 Å². The van der Waals surface area contributed by atoms with Crippen molar-refractivity contribution < 1.29 is 45.0 Å². The molecule has 152 valence electrons. The lowest BCUT2D eigenvalue weighted by Crippen LogP contribution is -2.23. The van der Waals surface area contributed by atoms with Gasteiger partial charge >= 0.3 is 12.5 Å². The van der Waals surface area contributed by atoms with Gasteiger partial charge in [0.15, 0.2) is 0 Å². The number of halogens is 7. The largest absolute Gasteiger partial charge is 0.573 e. The van der Waals surface area contributed by atoms with E-state index >= 15 is 0 Å². The zero-order valence-electron chi connectivity index (χ0n) is 14.5. The number of aromatic nitrogens is 1. The van der Waals surface area contributed by atoms with Gasteiger partial charge in [0.25, 0.3) is 5.78 Å². The van der Waals surface area contributed by atoms with E-state index in [1.807, 2.05) is 13.8 Å². The molecule has 0 aliphatic rings. The maximum atomic E-state index is 14.1. The standard InChI is InChI=1S/C14H10F7NO3.C2H6/c1-24-5-4-22-6-7(12(23)13(16,17)18)10-9(25-14(19,20)21)3-2-8(15)11(10)22;1-2/h2-3,6H,4-5H2,1H3;1-2H3. The number of hydrogen-bond acceptors (Lipinski definition) is 3. The SMILES string of the molecule is CC.COCCn1cc(C(=O)C(F)(F)F)c2c(OC(F)(F)F)ccc(F)c21. The van der Waals surface area contributed by atoms with Crippen LogP contribution in [0.5, 0.6) is 5.75 Å². The summed E-state index contributed by atoms with van der Waals surface area (Å²) in [6.07, 6.45) is -9.97. The smallest absolute Gasteiger partial charge is 0.405 e. The Labute approximate surface area is 149 Å². The lowest BCUT2D eigenvalue weighted by Gasteiger charge is -2.12. The number of nitrogens with zero attached hydrogens (tertiary/aromatic N) is 1. The van der Waals surface area contributed by atoms with Crippen LogP contribution < -0.4 is 4.74 Å². The molecule has 11 heteroatoms. The first-order valence-electron chi connectivity index (χ1n) is 7.63. The third-order valence-corrected chi connectivity index (χ3v) is 3.20. The summed E-state index contributed by atoms with van der Waals surface area (Å²) >= 11 is 0. The van der Waals surface area contributed by atoms with Gasteiger partial charge in [0.1, 0.15) is 11.6 Å². The summed E-state index contributed by atoms with van der Waals surface area (Å²) in [7, 11) is 1.27. The van der Waals surface area contributed by atoms with Crippen molar-refractivity contribution in [2.24, 2.45) is 0 Å². The normalized spacial score (nSPS) is 11.9. The molecule has 0 bridgehead atoms. The van der Waals surface area contributed by atoms with Gasteiger partial charge in [-0.05, 0) is 12.1 Å². The lowest BCUT2D eigenvalue weighted by molar-refractivity contribution is -0.274. The van der Waals surface area contributed by atoms with E-state index in [2.05, 4.69) is 4.74 Å². The Morgan fingerprint density at radius 2 is 1.70 bits per heavy atom. The monoisotopic (exact) mass is 403 g/mol. The molecule has 0 radical (unpaired) electrons. The molecular weight excluding hydrogens is 387 g/mol. The second-order valence-electron chi connectivity index (χ2n) is 4.87. The molecule has 1 aromatic heterocycles. The van der Waals surface area contributed by atoms with Crippen LogP contribution in [-0.4, -0.2) is 36.6 Å². The first-order valence-corrected chi connectivity index (χ1v) is 7.63. The average molecular weight is 403 g/mol. The van der Waals surface area contributed by atoms with Crippen molar-refractivity contribution in [2.45, 2.75) is 32.9 Å². The topological polar surface area (TPSA) is 40.5 Å². The van der Waals surface area contributed by atoms with E-state index in [1.54, 1.807) is 0 Å². The van der Waals surface area contributed by atoms with Crippen LogP contribution in [0.2, 0.25) is 0 Å². The number of ketones is 1. The molecule has 1 aromatic carbocycles. The van der Waals surface area contributed by atoms with Crippen LogP contribution in [0.1, 0.15) is 24.2 Å². The van der Waals surface area contributed by atoms with Crippen molar-refractivity contribution in [1.29, 1.82) is 0 Å². The van der Waals surface area contributed by atoms with Gasteiger partial charge in [-0.15, -0.1) is 13.2 Å². The number of alkyl halides is 6. The van der Waals surface area contributed by atoms with Gasteiger partial charge in [-0.25, -0.2) is 4.39 Å². The number of rotatable bonds is 5. The van der Waals surface area contributed by atoms with Crippen molar-refractivity contribution in [1.82, 2.24) is 4.57 Å². The number of hydrogen-bond donors (Lipinski definition) is 0. The Bertz CT molecular complexity index is 794. The van der Waals surface area contributed by atoms with E-state index in [-0.39, 0.29) is 13.2 Å². The van der Waals surface area contributed by atoms with Crippen molar-refractivity contribution >= 4 is 16.7 Å². The minimum atomic E-state index is -5.36. The molecule has 4 nitrogen and oxygen atoms in total. The van der Waals surface area contributed by atoms with Gasteiger partial charge in [-0.3, -0.25) is 4.79 Å². The Balaban J connectivity index is 0.00000176. The number of Topliss-reactive ketones (excluding diaryl/α,β-unsaturated/α-hetero) is 1. The molecular formula is C16H16F7NO3. The Hall–Kier alpha value is -2.30. The minimum absolute atomic E-state index is 0.0762. The van der Waals surface area contributed by atoms with Crippen molar-refractivity contribution in [3.8, 4) is 5.75 Å². The third-order valence-electron chi connectivity index (χ3n) is 3.20. The molecule has 0 unspecified atom stereocenters. The Kier molecular flexibility index (Phi) is 7.24. The lowest BCUT2D eigenvalue weighted by atomic mass is 10.1. The van der Waals surface area contributed by atoms with Gasteiger partial charge in [0, 0.05) is 19.9 Å². The molecule has 0 amide bonds. The zero-order chi connectivity index (χ0) is 21.0. The highest BCUT2D eigenvalue weighted by Crippen LogP contribution is 2.38. The molecule has 0 saturated carbocycles. The summed E-state index contributed by atoms with van der Waals surface area (Å²) in [6.45, 7) is 3.73. The highest BCUT2D eigenvalue weighted by Gasteiger charge is 2.42. The highest BCUT2D eigenvalue weighted by atomic mass is 19.4. The predicted molar refractivity (Wildman–Crippen MR) is 82.2 cm³/mol. The molecule has 27 heavy (non-hydrogen) atoms. The molecule has 0 N–H and O–H groups in total. The summed E-state index contributed by atoms with van der Waals surface area (Å²) in [5, 5.41) is -0.907. The van der Waals surface area contributed by atoms with Crippen LogP contribution in [0.15, 0.2) is 18.3 Å². The van der Waals surface area contributed by atoms with E-state index in [1.165, 1.54) is 7.11 Å². The summed E-state index contributed by atoms with van der Waals surface area (Å²) < 4.78 is 99.1. The molecule has 0 atom stereocenters. The van der Waals surface area contributed by atoms with Gasteiger partial charge in [-0.1, -0.05) is 13.8 Å². The molecule has 0 spiro atoms. The van der Waals surface area contributed by atoms with Gasteiger partial charge < -0.3 is 14.0 Å². The first-order chi connectivity index (χ1) is 12.5. The number of ether oxygens (including phenoxy) is 2. The van der Waals surface area contributed by atoms with Crippen LogP contribution in [-0.2, 0) is 11.3 Å². The van der Waals surface area contributed by atoms with Crippen molar-refractivity contribution in [3.63, 3.8) is 0 Å². The molecule has 0 fully saturated rings. The summed E-state index contributed by atoms with van der Waals surface area (Å²) in [5.41, 5.74) is -1.76. The van der Waals surface area contributed by atoms with Crippen LogP contribution in [0.4, 0.5) is 30.7 Å². The van der Waals surface area contributed by atoms with Crippen LogP contribution in [0.25, 0.3) is 10.9 Å². The number of methoxy groups -OCH3 is 1. The summed E-state index contributed by atoms with van der Waals surface area (Å²) in [6, 6.07) is 1.12. The van der Waals surface area contributed by atoms with Gasteiger partial charge in [0.2, 0.25) is 0 Å². The van der Waals surface area contributed by atoms with E-state index in [0.717, 1.165) is 4.57 Å². The van der Waals surface area contributed by atoms with Crippen LogP contribution in [0, 0.1) is 5.82 Å². The number of fused-ring (bicyclic) bond motifs is 1. The quantitative estimate of drug-likeness (QED) is 0.516. The number of carbonyl (C=O) groups is 1. The second-order valence-corrected chi connectivity index (χ2v) is 4.87. The van der Waals surface area contributed by atoms with Crippen LogP contribution >= 0.6 is 0 Å². The van der Waals surface area contributed by atoms with Gasteiger partial charge in [-0.2, -0.15) is 13.2 Å².